The van der Waals surface area contributed by atoms with Crippen molar-refractivity contribution in [1.82, 2.24) is 9.97 Å². The zero-order chi connectivity index (χ0) is 20.3. The van der Waals surface area contributed by atoms with Crippen LogP contribution in [0.25, 0.3) is 0 Å². The molecule has 28 heavy (non-hydrogen) atoms. The molecule has 1 aliphatic rings. The third-order valence-electron chi connectivity index (χ3n) is 4.15. The summed E-state index contributed by atoms with van der Waals surface area (Å²) in [5.41, 5.74) is 1.42. The molecule has 0 aliphatic heterocycles. The van der Waals surface area contributed by atoms with Gasteiger partial charge >= 0.3 is 6.18 Å². The number of rotatable bonds is 4. The van der Waals surface area contributed by atoms with E-state index in [4.69, 9.17) is 11.6 Å². The minimum atomic E-state index is -4.57. The fourth-order valence-electron chi connectivity index (χ4n) is 2.79. The third kappa shape index (κ3) is 4.75. The molecule has 146 valence electrons. The Morgan fingerprint density at radius 3 is 2.75 bits per heavy atom. The molecule has 0 saturated carbocycles. The SMILES string of the molecule is N#Cc1cc2c(nc1SCC(=O)Nc1ncc(C(F)(F)F)cc1Cl)CCCC2. The van der Waals surface area contributed by atoms with Gasteiger partial charge in [0.15, 0.2) is 5.82 Å². The molecule has 0 saturated heterocycles. The Balaban J connectivity index is 1.67. The number of hydrogen-bond donors (Lipinski definition) is 1. The van der Waals surface area contributed by atoms with E-state index >= 15 is 0 Å². The van der Waals surface area contributed by atoms with Gasteiger partial charge in [-0.3, -0.25) is 4.79 Å². The number of pyridine rings is 2. The first-order valence-corrected chi connectivity index (χ1v) is 9.72. The first kappa shape index (κ1) is 20.4. The van der Waals surface area contributed by atoms with Crippen molar-refractivity contribution in [1.29, 1.82) is 5.26 Å². The lowest BCUT2D eigenvalue weighted by Gasteiger charge is -2.16. The number of nitriles is 1. The molecule has 1 aliphatic carbocycles. The molecule has 0 radical (unpaired) electrons. The van der Waals surface area contributed by atoms with Gasteiger partial charge < -0.3 is 5.32 Å². The van der Waals surface area contributed by atoms with Crippen LogP contribution in [0, 0.1) is 11.3 Å². The molecule has 3 rings (SSSR count). The number of anilines is 1. The quantitative estimate of drug-likeness (QED) is 0.721. The summed E-state index contributed by atoms with van der Waals surface area (Å²) in [4.78, 5) is 20.2. The van der Waals surface area contributed by atoms with Gasteiger partial charge in [-0.25, -0.2) is 9.97 Å². The largest absolute Gasteiger partial charge is 0.417 e. The van der Waals surface area contributed by atoms with Gasteiger partial charge in [-0.2, -0.15) is 18.4 Å². The lowest BCUT2D eigenvalue weighted by atomic mass is 9.95. The molecular weight excluding hydrogens is 413 g/mol. The van der Waals surface area contributed by atoms with Gasteiger partial charge in [-0.15, -0.1) is 0 Å². The van der Waals surface area contributed by atoms with Gasteiger partial charge in [-0.05, 0) is 43.4 Å². The summed E-state index contributed by atoms with van der Waals surface area (Å²) in [6, 6.07) is 4.61. The molecule has 0 atom stereocenters. The lowest BCUT2D eigenvalue weighted by molar-refractivity contribution is -0.137. The summed E-state index contributed by atoms with van der Waals surface area (Å²) < 4.78 is 37.9. The van der Waals surface area contributed by atoms with Gasteiger partial charge in [0.2, 0.25) is 5.91 Å². The van der Waals surface area contributed by atoms with Crippen molar-refractivity contribution < 1.29 is 18.0 Å². The number of aryl methyl sites for hydroxylation is 2. The highest BCUT2D eigenvalue weighted by atomic mass is 35.5. The first-order valence-electron chi connectivity index (χ1n) is 8.36. The van der Waals surface area contributed by atoms with Gasteiger partial charge in [0.25, 0.3) is 0 Å². The predicted octanol–water partition coefficient (Wildman–Crippen LogP) is 4.63. The number of carbonyl (C=O) groups excluding carboxylic acids is 1. The van der Waals surface area contributed by atoms with Crippen molar-refractivity contribution in [2.24, 2.45) is 0 Å². The van der Waals surface area contributed by atoms with Crippen molar-refractivity contribution in [3.05, 3.63) is 45.7 Å². The number of halogens is 4. The minimum absolute atomic E-state index is 0.0838. The number of nitrogens with zero attached hydrogens (tertiary/aromatic N) is 3. The number of aromatic nitrogens is 2. The van der Waals surface area contributed by atoms with Crippen molar-refractivity contribution in [3.63, 3.8) is 0 Å². The highest BCUT2D eigenvalue weighted by Crippen LogP contribution is 2.32. The van der Waals surface area contributed by atoms with E-state index in [1.54, 1.807) is 0 Å². The Morgan fingerprint density at radius 1 is 1.32 bits per heavy atom. The van der Waals surface area contributed by atoms with Crippen molar-refractivity contribution >= 4 is 35.1 Å². The molecule has 0 spiro atoms. The van der Waals surface area contributed by atoms with Crippen LogP contribution < -0.4 is 5.32 Å². The number of carbonyl (C=O) groups is 1. The molecule has 0 bridgehead atoms. The zero-order valence-corrected chi connectivity index (χ0v) is 16.0. The fourth-order valence-corrected chi connectivity index (χ4v) is 3.78. The zero-order valence-electron chi connectivity index (χ0n) is 14.4. The molecule has 2 aromatic rings. The van der Waals surface area contributed by atoms with Crippen LogP contribution in [0.5, 0.6) is 0 Å². The van der Waals surface area contributed by atoms with Gasteiger partial charge in [0.1, 0.15) is 11.1 Å². The Bertz CT molecular complexity index is 959. The highest BCUT2D eigenvalue weighted by molar-refractivity contribution is 8.00. The lowest BCUT2D eigenvalue weighted by Crippen LogP contribution is -2.16. The van der Waals surface area contributed by atoms with Crippen LogP contribution in [0.1, 0.15) is 35.2 Å². The maximum Gasteiger partial charge on any atom is 0.417 e. The number of hydrogen-bond acceptors (Lipinski definition) is 5. The molecule has 1 amide bonds. The normalized spacial score (nSPS) is 13.5. The highest BCUT2D eigenvalue weighted by Gasteiger charge is 2.31. The predicted molar refractivity (Wildman–Crippen MR) is 99.2 cm³/mol. The van der Waals surface area contributed by atoms with Crippen LogP contribution in [-0.4, -0.2) is 21.6 Å². The number of fused-ring (bicyclic) bond motifs is 1. The maximum atomic E-state index is 12.6. The summed E-state index contributed by atoms with van der Waals surface area (Å²) in [6.45, 7) is 0. The smallest absolute Gasteiger partial charge is 0.309 e. The van der Waals surface area contributed by atoms with Crippen molar-refractivity contribution in [2.75, 3.05) is 11.1 Å². The minimum Gasteiger partial charge on any atom is -0.309 e. The van der Waals surface area contributed by atoms with E-state index in [-0.39, 0.29) is 16.6 Å². The molecule has 10 heteroatoms. The Morgan fingerprint density at radius 2 is 2.07 bits per heavy atom. The molecule has 1 N–H and O–H groups in total. The van der Waals surface area contributed by atoms with Gasteiger partial charge in [0, 0.05) is 11.9 Å². The van der Waals surface area contributed by atoms with Crippen LogP contribution >= 0.6 is 23.4 Å². The van der Waals surface area contributed by atoms with Crippen LogP contribution in [0.3, 0.4) is 0 Å². The summed E-state index contributed by atoms with van der Waals surface area (Å²) in [6.07, 6.45) is -0.134. The monoisotopic (exact) mass is 426 g/mol. The molecular formula is C18H14ClF3N4OS. The molecule has 2 aromatic heterocycles. The van der Waals surface area contributed by atoms with Crippen molar-refractivity contribution in [2.45, 2.75) is 36.9 Å². The topological polar surface area (TPSA) is 78.7 Å². The first-order chi connectivity index (χ1) is 13.3. The summed E-state index contributed by atoms with van der Waals surface area (Å²) in [7, 11) is 0. The van der Waals surface area contributed by atoms with E-state index in [0.29, 0.717) is 22.9 Å². The van der Waals surface area contributed by atoms with E-state index in [1.165, 1.54) is 0 Å². The molecule has 5 nitrogen and oxygen atoms in total. The number of nitrogens with one attached hydrogen (secondary N) is 1. The maximum absolute atomic E-state index is 12.6. The van der Waals surface area contributed by atoms with Crippen LogP contribution in [0.4, 0.5) is 19.0 Å². The van der Waals surface area contributed by atoms with Gasteiger partial charge in [0.05, 0.1) is 21.9 Å². The Kier molecular flexibility index (Phi) is 6.10. The van der Waals surface area contributed by atoms with Crippen LogP contribution in [-0.2, 0) is 23.8 Å². The van der Waals surface area contributed by atoms with Gasteiger partial charge in [-0.1, -0.05) is 23.4 Å². The Hall–Kier alpha value is -2.31. The van der Waals surface area contributed by atoms with E-state index < -0.39 is 17.6 Å². The average Bonchev–Trinajstić information content (AvgIpc) is 2.66. The summed E-state index contributed by atoms with van der Waals surface area (Å²) >= 11 is 6.87. The number of amides is 1. The third-order valence-corrected chi connectivity index (χ3v) is 5.43. The fraction of sp³-hybridized carbons (Fsp3) is 0.333. The molecule has 2 heterocycles. The number of thioether (sulfide) groups is 1. The second-order valence-electron chi connectivity index (χ2n) is 6.15. The van der Waals surface area contributed by atoms with E-state index in [2.05, 4.69) is 21.4 Å². The van der Waals surface area contributed by atoms with Crippen LogP contribution in [0.2, 0.25) is 5.02 Å². The van der Waals surface area contributed by atoms with E-state index in [9.17, 15) is 23.2 Å². The molecule has 0 aromatic carbocycles. The second-order valence-corrected chi connectivity index (χ2v) is 7.53. The van der Waals surface area contributed by atoms with E-state index in [1.807, 2.05) is 6.07 Å². The van der Waals surface area contributed by atoms with Crippen molar-refractivity contribution in [3.8, 4) is 6.07 Å². The standard InChI is InChI=1S/C18H14ClF3N4OS/c19-13-6-12(18(20,21)22)8-24-16(13)26-15(27)9-28-17-11(7-23)5-10-3-1-2-4-14(10)25-17/h5-6,8H,1-4,9H2,(H,24,26,27). The Labute approximate surface area is 168 Å². The second kappa shape index (κ2) is 8.37. The summed E-state index contributed by atoms with van der Waals surface area (Å²) in [5.74, 6) is -0.749. The molecule has 0 unspecified atom stereocenters. The summed E-state index contributed by atoms with van der Waals surface area (Å²) in [5, 5.41) is 11.9. The van der Waals surface area contributed by atoms with Crippen LogP contribution in [0.15, 0.2) is 23.4 Å². The molecule has 0 fully saturated rings. The average molecular weight is 427 g/mol. The van der Waals surface area contributed by atoms with E-state index in [0.717, 1.165) is 48.7 Å². The number of alkyl halides is 3.